The van der Waals surface area contributed by atoms with E-state index >= 15 is 0 Å². The maximum atomic E-state index is 14.2. The van der Waals surface area contributed by atoms with Crippen LogP contribution in [0.25, 0.3) is 11.3 Å². The predicted octanol–water partition coefficient (Wildman–Crippen LogP) is 1.90. The van der Waals surface area contributed by atoms with E-state index in [1.807, 2.05) is 0 Å². The van der Waals surface area contributed by atoms with Crippen molar-refractivity contribution in [3.05, 3.63) is 77.2 Å². The molecule has 1 heterocycles. The van der Waals surface area contributed by atoms with Gasteiger partial charge in [0.25, 0.3) is 11.8 Å². The molecule has 1 atom stereocenters. The largest absolute Gasteiger partial charge is 0.363 e. The highest BCUT2D eigenvalue weighted by Crippen LogP contribution is 2.25. The molecule has 0 aliphatic carbocycles. The number of hydrogen-bond donors (Lipinski definition) is 2. The van der Waals surface area contributed by atoms with Crippen LogP contribution in [0.3, 0.4) is 0 Å². The first kappa shape index (κ1) is 21.8. The second kappa shape index (κ2) is 8.82. The van der Waals surface area contributed by atoms with Gasteiger partial charge in [-0.15, -0.1) is 0 Å². The van der Waals surface area contributed by atoms with Crippen LogP contribution in [0.4, 0.5) is 13.2 Å². The first-order valence-electron chi connectivity index (χ1n) is 9.03. The van der Waals surface area contributed by atoms with Crippen molar-refractivity contribution >= 4 is 17.6 Å². The molecule has 1 aromatic heterocycles. The summed E-state index contributed by atoms with van der Waals surface area (Å²) in [5.74, 6) is -5.73. The number of carbonyl (C=O) groups is 3. The number of halogens is 3. The SMILES string of the molecule is Cn1cc(C(=O)NC(Cc2cc(F)cc(F)c2)C(=O)C(N)=O)c(-c2ccccc2F)n1. The molecule has 31 heavy (non-hydrogen) atoms. The molecule has 0 fully saturated rings. The third-order valence-electron chi connectivity index (χ3n) is 4.43. The Morgan fingerprint density at radius 1 is 1.10 bits per heavy atom. The van der Waals surface area contributed by atoms with Gasteiger partial charge in [0.1, 0.15) is 29.2 Å². The number of Topliss-reactive ketones (excluding diaryl/α,β-unsaturated/α-hetero) is 1. The van der Waals surface area contributed by atoms with Crippen molar-refractivity contribution in [3.8, 4) is 11.3 Å². The lowest BCUT2D eigenvalue weighted by molar-refractivity contribution is -0.137. The first-order valence-corrected chi connectivity index (χ1v) is 9.03. The number of nitrogens with zero attached hydrogens (tertiary/aromatic N) is 2. The van der Waals surface area contributed by atoms with Gasteiger partial charge in [0, 0.05) is 31.3 Å². The Hall–Kier alpha value is -3.95. The average Bonchev–Trinajstić information content (AvgIpc) is 3.08. The number of nitrogens with two attached hydrogens (primary N) is 1. The van der Waals surface area contributed by atoms with Crippen LogP contribution in [0.5, 0.6) is 0 Å². The monoisotopic (exact) mass is 430 g/mol. The highest BCUT2D eigenvalue weighted by atomic mass is 19.1. The van der Waals surface area contributed by atoms with Crippen LogP contribution in [-0.4, -0.2) is 33.4 Å². The lowest BCUT2D eigenvalue weighted by Gasteiger charge is -2.16. The van der Waals surface area contributed by atoms with Crippen LogP contribution in [0.1, 0.15) is 15.9 Å². The molecule has 0 aliphatic heterocycles. The Morgan fingerprint density at radius 2 is 1.74 bits per heavy atom. The summed E-state index contributed by atoms with van der Waals surface area (Å²) in [4.78, 5) is 36.6. The second-order valence-electron chi connectivity index (χ2n) is 6.78. The quantitative estimate of drug-likeness (QED) is 0.559. The molecule has 1 unspecified atom stereocenters. The van der Waals surface area contributed by atoms with Gasteiger partial charge in [0.15, 0.2) is 0 Å². The normalized spacial score (nSPS) is 11.7. The molecule has 0 spiro atoms. The summed E-state index contributed by atoms with van der Waals surface area (Å²) in [5.41, 5.74) is 5.08. The number of aromatic nitrogens is 2. The zero-order valence-corrected chi connectivity index (χ0v) is 16.2. The molecule has 160 valence electrons. The molecular weight excluding hydrogens is 413 g/mol. The molecule has 0 aliphatic rings. The molecule has 3 rings (SSSR count). The molecule has 3 N–H and O–H groups in total. The van der Waals surface area contributed by atoms with Crippen molar-refractivity contribution in [2.75, 3.05) is 0 Å². The third kappa shape index (κ3) is 4.97. The summed E-state index contributed by atoms with van der Waals surface area (Å²) in [6, 6.07) is 6.73. The predicted molar refractivity (Wildman–Crippen MR) is 104 cm³/mol. The van der Waals surface area contributed by atoms with Gasteiger partial charge < -0.3 is 11.1 Å². The number of nitrogens with one attached hydrogen (secondary N) is 1. The number of rotatable bonds is 7. The molecule has 7 nitrogen and oxygen atoms in total. The zero-order valence-electron chi connectivity index (χ0n) is 16.2. The molecule has 2 aromatic carbocycles. The summed E-state index contributed by atoms with van der Waals surface area (Å²) < 4.78 is 42.5. The number of hydrogen-bond acceptors (Lipinski definition) is 4. The van der Waals surface area contributed by atoms with E-state index in [0.29, 0.717) is 6.07 Å². The van der Waals surface area contributed by atoms with E-state index in [9.17, 15) is 27.6 Å². The van der Waals surface area contributed by atoms with Crippen molar-refractivity contribution in [1.29, 1.82) is 0 Å². The van der Waals surface area contributed by atoms with Crippen LogP contribution < -0.4 is 11.1 Å². The van der Waals surface area contributed by atoms with Crippen molar-refractivity contribution < 1.29 is 27.6 Å². The molecule has 10 heteroatoms. The summed E-state index contributed by atoms with van der Waals surface area (Å²) in [6.45, 7) is 0. The van der Waals surface area contributed by atoms with E-state index < -0.39 is 47.5 Å². The fourth-order valence-corrected chi connectivity index (χ4v) is 3.09. The number of primary amides is 1. The van der Waals surface area contributed by atoms with Crippen LogP contribution in [0.15, 0.2) is 48.7 Å². The van der Waals surface area contributed by atoms with Gasteiger partial charge in [-0.3, -0.25) is 19.1 Å². The maximum absolute atomic E-state index is 14.2. The molecule has 0 saturated heterocycles. The number of carbonyl (C=O) groups excluding carboxylic acids is 3. The maximum Gasteiger partial charge on any atom is 0.287 e. The number of amides is 2. The van der Waals surface area contributed by atoms with Crippen molar-refractivity contribution in [1.82, 2.24) is 15.1 Å². The minimum Gasteiger partial charge on any atom is -0.363 e. The zero-order chi connectivity index (χ0) is 22.7. The van der Waals surface area contributed by atoms with Crippen molar-refractivity contribution in [2.45, 2.75) is 12.5 Å². The van der Waals surface area contributed by atoms with Crippen LogP contribution in [-0.2, 0) is 23.1 Å². The molecular formula is C21H17F3N4O3. The fraction of sp³-hybridized carbons (Fsp3) is 0.143. The fourth-order valence-electron chi connectivity index (χ4n) is 3.09. The van der Waals surface area contributed by atoms with Gasteiger partial charge >= 0.3 is 0 Å². The topological polar surface area (TPSA) is 107 Å². The van der Waals surface area contributed by atoms with E-state index in [4.69, 9.17) is 5.73 Å². The molecule has 3 aromatic rings. The minimum atomic E-state index is -1.50. The Bertz CT molecular complexity index is 1160. The Balaban J connectivity index is 1.94. The highest BCUT2D eigenvalue weighted by molar-refractivity contribution is 6.38. The molecule has 2 amide bonds. The molecule has 0 bridgehead atoms. The highest BCUT2D eigenvalue weighted by Gasteiger charge is 2.28. The number of aryl methyl sites for hydroxylation is 1. The lowest BCUT2D eigenvalue weighted by Crippen LogP contribution is -2.47. The van der Waals surface area contributed by atoms with Crippen LogP contribution in [0.2, 0.25) is 0 Å². The van der Waals surface area contributed by atoms with Crippen LogP contribution >= 0.6 is 0 Å². The van der Waals surface area contributed by atoms with Gasteiger partial charge in [0.2, 0.25) is 5.78 Å². The Labute approximate surface area is 174 Å². The summed E-state index contributed by atoms with van der Waals surface area (Å²) >= 11 is 0. The van der Waals surface area contributed by atoms with E-state index in [1.54, 1.807) is 6.07 Å². The summed E-state index contributed by atoms with van der Waals surface area (Å²) in [6.07, 6.45) is 0.919. The smallest absolute Gasteiger partial charge is 0.287 e. The lowest BCUT2D eigenvalue weighted by atomic mass is 10.0. The number of benzene rings is 2. The van der Waals surface area contributed by atoms with Gasteiger partial charge in [-0.2, -0.15) is 5.10 Å². The third-order valence-corrected chi connectivity index (χ3v) is 4.43. The van der Waals surface area contributed by atoms with Gasteiger partial charge in [-0.1, -0.05) is 12.1 Å². The molecule has 0 saturated carbocycles. The van der Waals surface area contributed by atoms with E-state index in [2.05, 4.69) is 10.4 Å². The van der Waals surface area contributed by atoms with E-state index in [1.165, 1.54) is 36.1 Å². The number of ketones is 1. The van der Waals surface area contributed by atoms with E-state index in [0.717, 1.165) is 12.1 Å². The van der Waals surface area contributed by atoms with Gasteiger partial charge in [-0.05, 0) is 29.8 Å². The Morgan fingerprint density at radius 3 is 2.35 bits per heavy atom. The minimum absolute atomic E-state index is 0.0140. The standard InChI is InChI=1S/C21H17F3N4O3/c1-28-10-15(18(27-28)14-4-2-3-5-16(14)24)21(31)26-17(19(29)20(25)30)8-11-6-12(22)9-13(23)7-11/h2-7,9-10,17H,8H2,1H3,(H2,25,30)(H,26,31). The van der Waals surface area contributed by atoms with Crippen LogP contribution in [0, 0.1) is 17.5 Å². The summed E-state index contributed by atoms with van der Waals surface area (Å²) in [5, 5.41) is 6.43. The van der Waals surface area contributed by atoms with E-state index in [-0.39, 0.29) is 22.4 Å². The summed E-state index contributed by atoms with van der Waals surface area (Å²) in [7, 11) is 1.52. The first-order chi connectivity index (χ1) is 14.7. The second-order valence-corrected chi connectivity index (χ2v) is 6.78. The Kier molecular flexibility index (Phi) is 6.19. The van der Waals surface area contributed by atoms with Crippen molar-refractivity contribution in [3.63, 3.8) is 0 Å². The molecule has 0 radical (unpaired) electrons. The average molecular weight is 430 g/mol. The van der Waals surface area contributed by atoms with Crippen molar-refractivity contribution in [2.24, 2.45) is 12.8 Å². The van der Waals surface area contributed by atoms with Gasteiger partial charge in [0.05, 0.1) is 5.56 Å². The van der Waals surface area contributed by atoms with Gasteiger partial charge in [-0.25, -0.2) is 13.2 Å².